The zero-order valence-electron chi connectivity index (χ0n) is 9.52. The highest BCUT2D eigenvalue weighted by Crippen LogP contribution is 2.31. The molecule has 1 atom stereocenters. The number of hydrogen-bond acceptors (Lipinski definition) is 4. The van der Waals surface area contributed by atoms with Crippen LogP contribution in [0, 0.1) is 0 Å². The Kier molecular flexibility index (Phi) is 2.66. The van der Waals surface area contributed by atoms with E-state index in [0.717, 1.165) is 41.9 Å². The summed E-state index contributed by atoms with van der Waals surface area (Å²) in [5.41, 5.74) is 5.67. The van der Waals surface area contributed by atoms with E-state index in [2.05, 4.69) is 11.5 Å². The smallest absolute Gasteiger partial charge is 0.0711 e. The van der Waals surface area contributed by atoms with Crippen LogP contribution in [0.4, 0.5) is 5.69 Å². The van der Waals surface area contributed by atoms with Crippen LogP contribution in [0.2, 0.25) is 0 Å². The monoisotopic (exact) mass is 229 g/mol. The van der Waals surface area contributed by atoms with Crippen molar-refractivity contribution in [2.24, 2.45) is 5.84 Å². The molecular weight excluding hydrogens is 214 g/mol. The first-order chi connectivity index (χ1) is 8.38. The van der Waals surface area contributed by atoms with E-state index in [-0.39, 0.29) is 0 Å². The number of nitrogens with one attached hydrogen (secondary N) is 1. The summed E-state index contributed by atoms with van der Waals surface area (Å²) >= 11 is 0. The number of para-hydroxylation sites is 1. The molecule has 1 aromatic carbocycles. The van der Waals surface area contributed by atoms with Crippen LogP contribution in [0.1, 0.15) is 18.0 Å². The van der Waals surface area contributed by atoms with Gasteiger partial charge in [-0.25, -0.2) is 0 Å². The van der Waals surface area contributed by atoms with Crippen LogP contribution in [-0.4, -0.2) is 18.2 Å². The van der Waals surface area contributed by atoms with E-state index in [1.165, 1.54) is 0 Å². The second kappa shape index (κ2) is 4.31. The number of pyridine rings is 1. The van der Waals surface area contributed by atoms with Crippen LogP contribution in [0.25, 0.3) is 10.9 Å². The highest BCUT2D eigenvalue weighted by atomic mass is 16.5. The molecule has 0 aliphatic carbocycles. The number of anilines is 1. The van der Waals surface area contributed by atoms with E-state index in [4.69, 9.17) is 15.6 Å². The van der Waals surface area contributed by atoms with Gasteiger partial charge in [-0.1, -0.05) is 18.2 Å². The zero-order valence-corrected chi connectivity index (χ0v) is 9.52. The number of nitrogen functional groups attached to an aromatic ring is 1. The van der Waals surface area contributed by atoms with Crippen LogP contribution in [0.15, 0.2) is 30.3 Å². The van der Waals surface area contributed by atoms with E-state index >= 15 is 0 Å². The van der Waals surface area contributed by atoms with Crippen molar-refractivity contribution in [3.8, 4) is 0 Å². The Bertz CT molecular complexity index is 535. The third-order valence-electron chi connectivity index (χ3n) is 3.23. The van der Waals surface area contributed by atoms with Crippen molar-refractivity contribution in [1.82, 2.24) is 4.98 Å². The van der Waals surface area contributed by atoms with Gasteiger partial charge in [0.15, 0.2) is 0 Å². The minimum atomic E-state index is 0.352. The summed E-state index contributed by atoms with van der Waals surface area (Å²) in [6.45, 7) is 1.54. The van der Waals surface area contributed by atoms with Gasteiger partial charge in [0.2, 0.25) is 0 Å². The number of rotatable bonds is 2. The normalized spacial score (nSPS) is 19.7. The van der Waals surface area contributed by atoms with Crippen LogP contribution >= 0.6 is 0 Å². The van der Waals surface area contributed by atoms with Gasteiger partial charge in [0, 0.05) is 17.9 Å². The maximum atomic E-state index is 5.58. The fraction of sp³-hybridized carbons (Fsp3) is 0.308. The first-order valence-corrected chi connectivity index (χ1v) is 5.82. The second-order valence-electron chi connectivity index (χ2n) is 4.32. The molecule has 88 valence electrons. The summed E-state index contributed by atoms with van der Waals surface area (Å²) in [6, 6.07) is 10.1. The molecule has 1 aromatic heterocycles. The van der Waals surface area contributed by atoms with Crippen molar-refractivity contribution in [2.45, 2.75) is 12.3 Å². The summed E-state index contributed by atoms with van der Waals surface area (Å²) in [5.74, 6) is 5.93. The first kappa shape index (κ1) is 10.5. The molecule has 3 rings (SSSR count). The van der Waals surface area contributed by atoms with Gasteiger partial charge in [0.1, 0.15) is 0 Å². The van der Waals surface area contributed by atoms with Crippen molar-refractivity contribution in [2.75, 3.05) is 18.6 Å². The third-order valence-corrected chi connectivity index (χ3v) is 3.23. The lowest BCUT2D eigenvalue weighted by molar-refractivity contribution is 0.193. The molecule has 17 heavy (non-hydrogen) atoms. The quantitative estimate of drug-likeness (QED) is 0.611. The molecule has 0 spiro atoms. The van der Waals surface area contributed by atoms with Crippen molar-refractivity contribution in [3.05, 3.63) is 36.0 Å². The average Bonchev–Trinajstić information content (AvgIpc) is 2.91. The minimum absolute atomic E-state index is 0.352. The van der Waals surface area contributed by atoms with Gasteiger partial charge in [-0.05, 0) is 18.6 Å². The van der Waals surface area contributed by atoms with E-state index in [1.54, 1.807) is 0 Å². The molecule has 4 heteroatoms. The highest BCUT2D eigenvalue weighted by molar-refractivity contribution is 5.82. The third kappa shape index (κ3) is 1.85. The van der Waals surface area contributed by atoms with Gasteiger partial charge in [-0.3, -0.25) is 10.8 Å². The molecule has 4 nitrogen and oxygen atoms in total. The Morgan fingerprint density at radius 3 is 3.00 bits per heavy atom. The molecule has 1 unspecified atom stereocenters. The molecule has 1 aliphatic heterocycles. The molecule has 0 radical (unpaired) electrons. The Balaban J connectivity index is 2.14. The summed E-state index contributed by atoms with van der Waals surface area (Å²) in [7, 11) is 0. The molecule has 3 N–H and O–H groups in total. The number of hydrazine groups is 1. The maximum Gasteiger partial charge on any atom is 0.0711 e. The molecule has 1 aliphatic rings. The molecule has 0 bridgehead atoms. The van der Waals surface area contributed by atoms with Crippen LogP contribution in [0.3, 0.4) is 0 Å². The molecule has 1 fully saturated rings. The van der Waals surface area contributed by atoms with Crippen molar-refractivity contribution >= 4 is 16.6 Å². The van der Waals surface area contributed by atoms with Gasteiger partial charge in [0.25, 0.3) is 0 Å². The highest BCUT2D eigenvalue weighted by Gasteiger charge is 2.22. The van der Waals surface area contributed by atoms with Gasteiger partial charge in [-0.15, -0.1) is 0 Å². The summed E-state index contributed by atoms with van der Waals surface area (Å²) < 4.78 is 5.41. The minimum Gasteiger partial charge on any atom is -0.381 e. The number of ether oxygens (including phenoxy) is 1. The van der Waals surface area contributed by atoms with Crippen molar-refractivity contribution in [3.63, 3.8) is 0 Å². The lowest BCUT2D eigenvalue weighted by atomic mass is 10.0. The SMILES string of the molecule is NNc1cc2ccccc2nc1C1CCOC1. The fourth-order valence-electron chi connectivity index (χ4n) is 2.31. The van der Waals surface area contributed by atoms with E-state index in [9.17, 15) is 0 Å². The topological polar surface area (TPSA) is 60.2 Å². The van der Waals surface area contributed by atoms with Crippen LogP contribution < -0.4 is 11.3 Å². The summed E-state index contributed by atoms with van der Waals surface area (Å²) in [6.07, 6.45) is 1.01. The van der Waals surface area contributed by atoms with E-state index in [0.29, 0.717) is 5.92 Å². The predicted molar refractivity (Wildman–Crippen MR) is 67.7 cm³/mol. The number of aromatic nitrogens is 1. The second-order valence-corrected chi connectivity index (χ2v) is 4.32. The Morgan fingerprint density at radius 2 is 2.24 bits per heavy atom. The maximum absolute atomic E-state index is 5.58. The summed E-state index contributed by atoms with van der Waals surface area (Å²) in [5, 5.41) is 1.10. The molecule has 0 saturated carbocycles. The Morgan fingerprint density at radius 1 is 1.35 bits per heavy atom. The van der Waals surface area contributed by atoms with Crippen molar-refractivity contribution < 1.29 is 4.74 Å². The Hall–Kier alpha value is -1.65. The number of hydrogen-bond donors (Lipinski definition) is 2. The standard InChI is InChI=1S/C13H15N3O/c14-16-12-7-9-3-1-2-4-11(9)15-13(12)10-5-6-17-8-10/h1-4,7,10,16H,5-6,8,14H2. The van der Waals surface area contributed by atoms with E-state index < -0.39 is 0 Å². The zero-order chi connectivity index (χ0) is 11.7. The first-order valence-electron chi connectivity index (χ1n) is 5.82. The molecule has 1 saturated heterocycles. The van der Waals surface area contributed by atoms with Crippen LogP contribution in [0.5, 0.6) is 0 Å². The molecular formula is C13H15N3O. The average molecular weight is 229 g/mol. The van der Waals surface area contributed by atoms with Gasteiger partial charge < -0.3 is 10.2 Å². The van der Waals surface area contributed by atoms with Crippen LogP contribution in [-0.2, 0) is 4.74 Å². The lowest BCUT2D eigenvalue weighted by Crippen LogP contribution is -2.13. The number of nitrogens with two attached hydrogens (primary N) is 1. The number of nitrogens with zero attached hydrogens (tertiary/aromatic N) is 1. The fourth-order valence-corrected chi connectivity index (χ4v) is 2.31. The van der Waals surface area contributed by atoms with E-state index in [1.807, 2.05) is 24.3 Å². The predicted octanol–water partition coefficient (Wildman–Crippen LogP) is 2.02. The van der Waals surface area contributed by atoms with Gasteiger partial charge >= 0.3 is 0 Å². The molecule has 2 heterocycles. The lowest BCUT2D eigenvalue weighted by Gasteiger charge is -2.14. The molecule has 0 amide bonds. The number of benzene rings is 1. The van der Waals surface area contributed by atoms with Gasteiger partial charge in [-0.2, -0.15) is 0 Å². The largest absolute Gasteiger partial charge is 0.381 e. The number of fused-ring (bicyclic) bond motifs is 1. The molecule has 2 aromatic rings. The van der Waals surface area contributed by atoms with Crippen molar-refractivity contribution in [1.29, 1.82) is 0 Å². The summed E-state index contributed by atoms with van der Waals surface area (Å²) in [4.78, 5) is 4.71. The Labute approximate surface area is 99.8 Å². The van der Waals surface area contributed by atoms with Gasteiger partial charge in [0.05, 0.1) is 23.5 Å².